The zero-order valence-electron chi connectivity index (χ0n) is 17.2. The summed E-state index contributed by atoms with van der Waals surface area (Å²) in [5, 5.41) is 4.93. The van der Waals surface area contributed by atoms with Crippen LogP contribution in [0.15, 0.2) is 30.3 Å². The van der Waals surface area contributed by atoms with Crippen LogP contribution in [0.2, 0.25) is 0 Å². The van der Waals surface area contributed by atoms with E-state index in [2.05, 4.69) is 10.1 Å². The van der Waals surface area contributed by atoms with E-state index in [1.54, 1.807) is 27.0 Å². The van der Waals surface area contributed by atoms with Crippen LogP contribution in [-0.4, -0.2) is 40.3 Å². The molecule has 2 heterocycles. The zero-order valence-corrected chi connectivity index (χ0v) is 18.0. The molecule has 0 unspecified atom stereocenters. The Morgan fingerprint density at radius 3 is 2.62 bits per heavy atom. The minimum absolute atomic E-state index is 0.190. The number of ether oxygens (including phenoxy) is 1. The molecule has 8 heteroatoms. The fourth-order valence-corrected chi connectivity index (χ4v) is 3.92. The second-order valence-electron chi connectivity index (χ2n) is 6.78. The summed E-state index contributed by atoms with van der Waals surface area (Å²) >= 11 is 1.16. The molecule has 1 amide bonds. The predicted molar refractivity (Wildman–Crippen MR) is 113 cm³/mol. The third kappa shape index (κ3) is 4.54. The summed E-state index contributed by atoms with van der Waals surface area (Å²) in [6.07, 6.45) is 0. The molecular weight excluding hydrogens is 388 g/mol. The number of anilines is 1. The Morgan fingerprint density at radius 1 is 1.21 bits per heavy atom. The van der Waals surface area contributed by atoms with Gasteiger partial charge in [-0.2, -0.15) is 5.10 Å². The maximum atomic E-state index is 13.0. The molecule has 0 saturated heterocycles. The van der Waals surface area contributed by atoms with Crippen LogP contribution in [0.4, 0.5) is 5.13 Å². The van der Waals surface area contributed by atoms with E-state index in [4.69, 9.17) is 4.74 Å². The number of nitrogens with zero attached hydrogens (tertiary/aromatic N) is 4. The van der Waals surface area contributed by atoms with Crippen molar-refractivity contribution in [3.05, 3.63) is 63.4 Å². The first-order valence-corrected chi connectivity index (χ1v) is 10.1. The molecule has 2 aromatic heterocycles. The van der Waals surface area contributed by atoms with Crippen LogP contribution >= 0.6 is 11.3 Å². The average Bonchev–Trinajstić information content (AvgIpc) is 3.22. The van der Waals surface area contributed by atoms with Crippen LogP contribution < -0.4 is 4.90 Å². The standard InChI is InChI=1S/C21H24N4O3S/c1-6-28-20(27)18-15(4)22-21(29-18)24(5)19(26)17-9-7-8-16(11-17)12-25-14(3)10-13(2)23-25/h7-11H,6,12H2,1-5H3. The van der Waals surface area contributed by atoms with Crippen molar-refractivity contribution in [3.8, 4) is 0 Å². The smallest absolute Gasteiger partial charge is 0.350 e. The molecule has 1 aromatic carbocycles. The molecule has 0 aliphatic carbocycles. The van der Waals surface area contributed by atoms with Gasteiger partial charge in [0.2, 0.25) is 0 Å². The Labute approximate surface area is 173 Å². The minimum atomic E-state index is -0.415. The van der Waals surface area contributed by atoms with E-state index in [0.717, 1.165) is 28.3 Å². The van der Waals surface area contributed by atoms with Crippen molar-refractivity contribution in [1.82, 2.24) is 14.8 Å². The van der Waals surface area contributed by atoms with E-state index in [-0.39, 0.29) is 5.91 Å². The molecule has 3 rings (SSSR count). The number of hydrogen-bond donors (Lipinski definition) is 0. The summed E-state index contributed by atoms with van der Waals surface area (Å²) < 4.78 is 6.97. The highest BCUT2D eigenvalue weighted by Gasteiger charge is 2.22. The lowest BCUT2D eigenvalue weighted by Crippen LogP contribution is -2.26. The fourth-order valence-electron chi connectivity index (χ4n) is 3.00. The molecule has 0 spiro atoms. The van der Waals surface area contributed by atoms with E-state index in [0.29, 0.717) is 34.4 Å². The maximum absolute atomic E-state index is 13.0. The van der Waals surface area contributed by atoms with Crippen molar-refractivity contribution >= 4 is 28.3 Å². The van der Waals surface area contributed by atoms with Gasteiger partial charge in [0.25, 0.3) is 5.91 Å². The van der Waals surface area contributed by atoms with Gasteiger partial charge in [-0.05, 0) is 51.5 Å². The Balaban J connectivity index is 1.80. The van der Waals surface area contributed by atoms with Crippen molar-refractivity contribution in [1.29, 1.82) is 0 Å². The van der Waals surface area contributed by atoms with E-state index in [9.17, 15) is 9.59 Å². The number of amides is 1. The highest BCUT2D eigenvalue weighted by Crippen LogP contribution is 2.27. The van der Waals surface area contributed by atoms with Gasteiger partial charge in [0.1, 0.15) is 4.88 Å². The largest absolute Gasteiger partial charge is 0.462 e. The first kappa shape index (κ1) is 20.7. The van der Waals surface area contributed by atoms with Crippen LogP contribution in [0.1, 0.15) is 49.6 Å². The van der Waals surface area contributed by atoms with Crippen LogP contribution in [0.25, 0.3) is 0 Å². The molecule has 0 radical (unpaired) electrons. The molecule has 0 N–H and O–H groups in total. The number of aromatic nitrogens is 3. The van der Waals surface area contributed by atoms with Crippen LogP contribution in [0.5, 0.6) is 0 Å². The summed E-state index contributed by atoms with van der Waals surface area (Å²) in [5.41, 5.74) is 4.13. The molecule has 0 saturated carbocycles. The lowest BCUT2D eigenvalue weighted by atomic mass is 10.1. The molecule has 0 atom stereocenters. The van der Waals surface area contributed by atoms with Crippen LogP contribution in [0, 0.1) is 20.8 Å². The topological polar surface area (TPSA) is 77.3 Å². The van der Waals surface area contributed by atoms with Gasteiger partial charge in [-0.25, -0.2) is 9.78 Å². The number of hydrogen-bond acceptors (Lipinski definition) is 6. The highest BCUT2D eigenvalue weighted by atomic mass is 32.1. The summed E-state index contributed by atoms with van der Waals surface area (Å²) in [6, 6.07) is 9.49. The zero-order chi connectivity index (χ0) is 21.1. The van der Waals surface area contributed by atoms with Gasteiger partial charge in [0, 0.05) is 18.3 Å². The Bertz CT molecular complexity index is 1050. The monoisotopic (exact) mass is 412 g/mol. The normalized spacial score (nSPS) is 10.8. The van der Waals surface area contributed by atoms with E-state index in [1.165, 1.54) is 4.90 Å². The van der Waals surface area contributed by atoms with Gasteiger partial charge in [-0.1, -0.05) is 23.5 Å². The van der Waals surface area contributed by atoms with E-state index in [1.807, 2.05) is 42.8 Å². The van der Waals surface area contributed by atoms with Gasteiger partial charge in [-0.3, -0.25) is 14.4 Å². The molecule has 0 fully saturated rings. The van der Waals surface area contributed by atoms with Crippen molar-refractivity contribution in [2.24, 2.45) is 0 Å². The van der Waals surface area contributed by atoms with Gasteiger partial charge >= 0.3 is 5.97 Å². The van der Waals surface area contributed by atoms with Crippen molar-refractivity contribution in [2.75, 3.05) is 18.6 Å². The fraction of sp³-hybridized carbons (Fsp3) is 0.333. The number of carbonyl (C=O) groups is 2. The molecule has 152 valence electrons. The first-order valence-electron chi connectivity index (χ1n) is 9.32. The second-order valence-corrected chi connectivity index (χ2v) is 7.76. The molecule has 3 aromatic rings. The van der Waals surface area contributed by atoms with E-state index >= 15 is 0 Å². The number of rotatable bonds is 6. The van der Waals surface area contributed by atoms with Gasteiger partial charge in [-0.15, -0.1) is 0 Å². The SMILES string of the molecule is CCOC(=O)c1sc(N(C)C(=O)c2cccc(Cn3nc(C)cc3C)c2)nc1C. The Morgan fingerprint density at radius 2 is 1.97 bits per heavy atom. The predicted octanol–water partition coefficient (Wildman–Crippen LogP) is 3.77. The van der Waals surface area contributed by atoms with Crippen molar-refractivity contribution < 1.29 is 14.3 Å². The second kappa shape index (κ2) is 8.57. The maximum Gasteiger partial charge on any atom is 0.350 e. The summed E-state index contributed by atoms with van der Waals surface area (Å²) in [7, 11) is 1.66. The Kier molecular flexibility index (Phi) is 6.12. The number of esters is 1. The Hall–Kier alpha value is -3.00. The highest BCUT2D eigenvalue weighted by molar-refractivity contribution is 7.17. The lowest BCUT2D eigenvalue weighted by molar-refractivity contribution is 0.0531. The lowest BCUT2D eigenvalue weighted by Gasteiger charge is -2.14. The summed E-state index contributed by atoms with van der Waals surface area (Å²) in [5.74, 6) is -0.606. The van der Waals surface area contributed by atoms with E-state index < -0.39 is 5.97 Å². The van der Waals surface area contributed by atoms with Gasteiger partial charge in [0.15, 0.2) is 5.13 Å². The number of aryl methyl sites for hydroxylation is 3. The average molecular weight is 413 g/mol. The number of thiazole rings is 1. The molecular formula is C21H24N4O3S. The summed E-state index contributed by atoms with van der Waals surface area (Å²) in [6.45, 7) is 8.34. The minimum Gasteiger partial charge on any atom is -0.462 e. The number of carbonyl (C=O) groups excluding carboxylic acids is 2. The molecule has 0 aliphatic rings. The molecule has 0 bridgehead atoms. The van der Waals surface area contributed by atoms with Gasteiger partial charge < -0.3 is 4.74 Å². The molecule has 0 aliphatic heterocycles. The third-order valence-electron chi connectivity index (χ3n) is 4.45. The first-order chi connectivity index (χ1) is 13.8. The van der Waals surface area contributed by atoms with Crippen molar-refractivity contribution in [2.45, 2.75) is 34.2 Å². The number of benzene rings is 1. The third-order valence-corrected chi connectivity index (χ3v) is 5.66. The summed E-state index contributed by atoms with van der Waals surface area (Å²) in [4.78, 5) is 31.3. The molecule has 29 heavy (non-hydrogen) atoms. The van der Waals surface area contributed by atoms with Crippen molar-refractivity contribution in [3.63, 3.8) is 0 Å². The van der Waals surface area contributed by atoms with Crippen LogP contribution in [-0.2, 0) is 11.3 Å². The molecule has 7 nitrogen and oxygen atoms in total. The van der Waals surface area contributed by atoms with Gasteiger partial charge in [0.05, 0.1) is 24.5 Å². The van der Waals surface area contributed by atoms with Crippen LogP contribution in [0.3, 0.4) is 0 Å². The quantitative estimate of drug-likeness (QED) is 0.576.